The third-order valence-corrected chi connectivity index (χ3v) is 7.11. The van der Waals surface area contributed by atoms with Crippen LogP contribution >= 0.6 is 46.6 Å². The summed E-state index contributed by atoms with van der Waals surface area (Å²) in [7, 11) is 3.31. The topological polar surface area (TPSA) is 162 Å². The van der Waals surface area contributed by atoms with Gasteiger partial charge >= 0.3 is 23.0 Å². The molecular weight excluding hydrogens is 822 g/mol. The summed E-state index contributed by atoms with van der Waals surface area (Å²) in [6.45, 7) is 0. The highest BCUT2D eigenvalue weighted by Crippen LogP contribution is 2.33. The molecule has 0 radical (unpaired) electrons. The van der Waals surface area contributed by atoms with Gasteiger partial charge in [-0.2, -0.15) is 0 Å². The number of aryl methyl sites for hydroxylation is 2. The minimum atomic E-state index is -0.518. The Morgan fingerprint density at radius 1 is 0.522 bits per heavy atom. The van der Waals surface area contributed by atoms with Crippen molar-refractivity contribution in [3.8, 4) is 22.3 Å². The SMILES string of the molecule is C.CI.Cn1c(=O)oc2c(-c3cccc4c3oc(=O)n4C)cccc21.I.O=c1[nH]c2cccc(-c3cccc4[nH]c(=O)oc34)c2o1. The largest absolute Gasteiger partial charge is 0.419 e. The van der Waals surface area contributed by atoms with E-state index in [2.05, 4.69) is 32.6 Å². The summed E-state index contributed by atoms with van der Waals surface area (Å²) in [4.78, 5) is 53.4. The lowest BCUT2D eigenvalue weighted by Crippen LogP contribution is -2.08. The third kappa shape index (κ3) is 5.89. The second-order valence-corrected chi connectivity index (χ2v) is 9.56. The van der Waals surface area contributed by atoms with Crippen molar-refractivity contribution in [1.82, 2.24) is 19.1 Å². The van der Waals surface area contributed by atoms with Gasteiger partial charge in [-0.25, -0.2) is 19.2 Å². The number of hydrogen-bond donors (Lipinski definition) is 2. The zero-order valence-electron chi connectivity index (χ0n) is 23.9. The molecule has 0 aliphatic carbocycles. The van der Waals surface area contributed by atoms with Gasteiger partial charge in [0.1, 0.15) is 0 Å². The van der Waals surface area contributed by atoms with Crippen molar-refractivity contribution in [3.05, 3.63) is 115 Å². The lowest BCUT2D eigenvalue weighted by Gasteiger charge is -2.03. The molecule has 0 saturated carbocycles. The Bertz CT molecular complexity index is 2380. The van der Waals surface area contributed by atoms with E-state index in [4.69, 9.17) is 17.7 Å². The summed E-state index contributed by atoms with van der Waals surface area (Å²) in [6.07, 6.45) is 0. The van der Waals surface area contributed by atoms with Gasteiger partial charge in [0.05, 0.1) is 22.1 Å². The van der Waals surface area contributed by atoms with Crippen LogP contribution in [-0.2, 0) is 14.1 Å². The number of nitrogens with one attached hydrogen (secondary N) is 2. The number of fused-ring (bicyclic) bond motifs is 4. The number of halogens is 2. The summed E-state index contributed by atoms with van der Waals surface area (Å²) >= 11 is 2.15. The smallest absolute Gasteiger partial charge is 0.407 e. The van der Waals surface area contributed by atoms with Gasteiger partial charge in [-0.15, -0.1) is 24.0 Å². The van der Waals surface area contributed by atoms with E-state index in [1.54, 1.807) is 50.5 Å². The molecule has 238 valence electrons. The molecule has 4 heterocycles. The molecule has 4 aromatic carbocycles. The van der Waals surface area contributed by atoms with Gasteiger partial charge in [0.15, 0.2) is 22.3 Å². The molecule has 0 amide bonds. The summed E-state index contributed by atoms with van der Waals surface area (Å²) in [5.41, 5.74) is 7.24. The maximum Gasteiger partial charge on any atom is 0.419 e. The Morgan fingerprint density at radius 2 is 0.848 bits per heavy atom. The summed E-state index contributed by atoms with van der Waals surface area (Å²) in [6, 6.07) is 21.7. The number of aromatic amines is 2. The Hall–Kier alpha value is -4.58. The van der Waals surface area contributed by atoms with Crippen LogP contribution in [0.2, 0.25) is 0 Å². The molecule has 0 saturated heterocycles. The summed E-state index contributed by atoms with van der Waals surface area (Å²) in [5.74, 6) is -1.89. The highest BCUT2D eigenvalue weighted by atomic mass is 127. The minimum absolute atomic E-state index is 0. The quantitative estimate of drug-likeness (QED) is 0.142. The molecule has 0 spiro atoms. The molecular formula is C32H28I2N4O8. The van der Waals surface area contributed by atoms with Crippen molar-refractivity contribution in [2.75, 3.05) is 4.93 Å². The van der Waals surface area contributed by atoms with Gasteiger partial charge in [-0.05, 0) is 29.2 Å². The fourth-order valence-corrected chi connectivity index (χ4v) is 5.10. The zero-order chi connectivity index (χ0) is 31.1. The predicted octanol–water partition coefficient (Wildman–Crippen LogP) is 6.77. The highest BCUT2D eigenvalue weighted by Gasteiger charge is 2.17. The Kier molecular flexibility index (Phi) is 10.3. The van der Waals surface area contributed by atoms with Crippen LogP contribution in [0.4, 0.5) is 0 Å². The average molecular weight is 850 g/mol. The summed E-state index contributed by atoms with van der Waals surface area (Å²) < 4.78 is 23.9. The zero-order valence-corrected chi connectivity index (χ0v) is 28.4. The number of benzene rings is 4. The van der Waals surface area contributed by atoms with Crippen LogP contribution in [0.3, 0.4) is 0 Å². The van der Waals surface area contributed by atoms with E-state index in [-0.39, 0.29) is 31.4 Å². The molecule has 8 rings (SSSR count). The Balaban J connectivity index is 0.000000191. The number of nitrogens with zero attached hydrogens (tertiary/aromatic N) is 2. The van der Waals surface area contributed by atoms with Crippen molar-refractivity contribution in [1.29, 1.82) is 0 Å². The number of para-hydroxylation sites is 4. The summed E-state index contributed by atoms with van der Waals surface area (Å²) in [5, 5.41) is 0. The van der Waals surface area contributed by atoms with Gasteiger partial charge in [0, 0.05) is 36.3 Å². The normalized spacial score (nSPS) is 10.6. The lowest BCUT2D eigenvalue weighted by molar-refractivity contribution is 0.526. The van der Waals surface area contributed by atoms with Gasteiger partial charge in [-0.1, -0.05) is 78.5 Å². The molecule has 0 aliphatic heterocycles. The second kappa shape index (κ2) is 13.8. The molecule has 46 heavy (non-hydrogen) atoms. The van der Waals surface area contributed by atoms with Gasteiger partial charge in [0.25, 0.3) is 0 Å². The standard InChI is InChI=1S/C16H12N2O4.C14H8N2O4.CH3I.CH4.HI/c1-17-11-7-3-5-9(13(11)21-15(17)19)10-6-4-8-12-14(10)22-16(20)18(12)2;17-13-15-9-5-1-3-7(11(9)19-13)8-4-2-6-10-12(8)20-14(18)16-10;1-2;;/h3-8H,1-2H3;1-6H,(H,15,17)(H,16,18);1H3;1H4;1H. The van der Waals surface area contributed by atoms with Crippen molar-refractivity contribution in [3.63, 3.8) is 0 Å². The predicted molar refractivity (Wildman–Crippen MR) is 197 cm³/mol. The van der Waals surface area contributed by atoms with Crippen LogP contribution in [0.15, 0.2) is 110 Å². The van der Waals surface area contributed by atoms with Crippen LogP contribution in [-0.4, -0.2) is 24.0 Å². The maximum atomic E-state index is 11.8. The molecule has 4 aromatic heterocycles. The van der Waals surface area contributed by atoms with E-state index in [0.29, 0.717) is 55.5 Å². The van der Waals surface area contributed by atoms with E-state index in [0.717, 1.165) is 11.1 Å². The molecule has 0 aliphatic rings. The number of alkyl halides is 1. The third-order valence-electron chi connectivity index (χ3n) is 7.11. The number of H-pyrrole nitrogens is 2. The van der Waals surface area contributed by atoms with Crippen LogP contribution in [0.5, 0.6) is 0 Å². The first-order valence-electron chi connectivity index (χ1n) is 13.1. The number of hydrogen-bond acceptors (Lipinski definition) is 8. The molecule has 0 unspecified atom stereocenters. The molecule has 0 atom stereocenters. The average Bonchev–Trinajstić information content (AvgIpc) is 3.77. The molecule has 0 fully saturated rings. The van der Waals surface area contributed by atoms with Crippen molar-refractivity contribution < 1.29 is 17.7 Å². The maximum absolute atomic E-state index is 11.8. The molecule has 0 bridgehead atoms. The first-order valence-corrected chi connectivity index (χ1v) is 15.2. The number of rotatable bonds is 2. The van der Waals surface area contributed by atoms with E-state index in [9.17, 15) is 19.2 Å². The first kappa shape index (κ1) is 34.3. The van der Waals surface area contributed by atoms with Crippen LogP contribution in [0.1, 0.15) is 7.43 Å². The van der Waals surface area contributed by atoms with Crippen LogP contribution in [0, 0.1) is 0 Å². The van der Waals surface area contributed by atoms with Crippen LogP contribution in [0.25, 0.3) is 66.7 Å². The van der Waals surface area contributed by atoms with Crippen molar-refractivity contribution >= 4 is 91.0 Å². The number of oxazole rings is 4. The van der Waals surface area contributed by atoms with Crippen molar-refractivity contribution in [2.24, 2.45) is 14.1 Å². The van der Waals surface area contributed by atoms with Crippen molar-refractivity contribution in [2.45, 2.75) is 7.43 Å². The van der Waals surface area contributed by atoms with E-state index in [1.165, 1.54) is 9.13 Å². The van der Waals surface area contributed by atoms with E-state index >= 15 is 0 Å². The minimum Gasteiger partial charge on any atom is -0.407 e. The van der Waals surface area contributed by atoms with E-state index < -0.39 is 23.0 Å². The monoisotopic (exact) mass is 850 g/mol. The fourth-order valence-electron chi connectivity index (χ4n) is 5.10. The number of aromatic nitrogens is 4. The molecule has 12 nitrogen and oxygen atoms in total. The second-order valence-electron chi connectivity index (χ2n) is 9.56. The first-order chi connectivity index (χ1) is 21.3. The Morgan fingerprint density at radius 3 is 1.22 bits per heavy atom. The highest BCUT2D eigenvalue weighted by molar-refractivity contribution is 14.1. The molecule has 8 aromatic rings. The lowest BCUT2D eigenvalue weighted by atomic mass is 10.0. The molecule has 14 heteroatoms. The van der Waals surface area contributed by atoms with Gasteiger partial charge in [-0.3, -0.25) is 19.1 Å². The van der Waals surface area contributed by atoms with Gasteiger partial charge in [0.2, 0.25) is 0 Å². The Labute approximate surface area is 289 Å². The molecule has 2 N–H and O–H groups in total. The van der Waals surface area contributed by atoms with Gasteiger partial charge < -0.3 is 17.7 Å². The van der Waals surface area contributed by atoms with E-state index in [1.807, 2.05) is 41.3 Å². The fraction of sp³-hybridized carbons (Fsp3) is 0.125. The van der Waals surface area contributed by atoms with Crippen LogP contribution < -0.4 is 23.0 Å².